The van der Waals surface area contributed by atoms with Gasteiger partial charge in [0.1, 0.15) is 19.0 Å². The minimum absolute atomic E-state index is 0.220. The van der Waals surface area contributed by atoms with Gasteiger partial charge in [-0.25, -0.2) is 9.37 Å². The fraction of sp³-hybridized carbons (Fsp3) is 0.227. The highest BCUT2D eigenvalue weighted by Gasteiger charge is 2.08. The van der Waals surface area contributed by atoms with Crippen molar-refractivity contribution in [3.8, 4) is 17.4 Å². The highest BCUT2D eigenvalue weighted by molar-refractivity contribution is 6.31. The van der Waals surface area contributed by atoms with Gasteiger partial charge in [0.25, 0.3) is 0 Å². The second kappa shape index (κ2) is 10.6. The first kappa shape index (κ1) is 20.9. The summed E-state index contributed by atoms with van der Waals surface area (Å²) in [5.41, 5.74) is 1.75. The van der Waals surface area contributed by atoms with E-state index in [0.29, 0.717) is 47.7 Å². The zero-order valence-electron chi connectivity index (χ0n) is 16.0. The molecule has 1 aromatic heterocycles. The topological polar surface area (TPSA) is 52.6 Å². The van der Waals surface area contributed by atoms with Crippen LogP contribution < -0.4 is 19.5 Å². The Morgan fingerprint density at radius 1 is 1.03 bits per heavy atom. The third kappa shape index (κ3) is 6.34. The van der Waals surface area contributed by atoms with E-state index in [0.717, 1.165) is 5.56 Å². The predicted octanol–water partition coefficient (Wildman–Crippen LogP) is 4.63. The van der Waals surface area contributed by atoms with Crippen molar-refractivity contribution in [1.29, 1.82) is 0 Å². The van der Waals surface area contributed by atoms with Gasteiger partial charge in [-0.05, 0) is 35.9 Å². The van der Waals surface area contributed by atoms with Crippen molar-refractivity contribution >= 4 is 11.6 Å². The molecular weight excluding hydrogens is 395 g/mol. The molecule has 0 aliphatic rings. The molecule has 0 saturated carbocycles. The minimum Gasteiger partial charge on any atom is -0.493 e. The number of ether oxygens (including phenoxy) is 3. The number of nitrogens with zero attached hydrogens (tertiary/aromatic N) is 1. The lowest BCUT2D eigenvalue weighted by Crippen LogP contribution is -2.20. The summed E-state index contributed by atoms with van der Waals surface area (Å²) in [5, 5.41) is 3.64. The van der Waals surface area contributed by atoms with Crippen LogP contribution in [0, 0.1) is 5.82 Å². The van der Waals surface area contributed by atoms with Crippen molar-refractivity contribution in [1.82, 2.24) is 10.3 Å². The van der Waals surface area contributed by atoms with Crippen LogP contribution in [0.2, 0.25) is 5.02 Å². The molecule has 7 heteroatoms. The number of pyridine rings is 1. The van der Waals surface area contributed by atoms with Gasteiger partial charge >= 0.3 is 0 Å². The first-order chi connectivity index (χ1) is 14.2. The van der Waals surface area contributed by atoms with Gasteiger partial charge in [0.2, 0.25) is 5.88 Å². The lowest BCUT2D eigenvalue weighted by Gasteiger charge is -2.13. The summed E-state index contributed by atoms with van der Waals surface area (Å²) in [7, 11) is 1.59. The summed E-state index contributed by atoms with van der Waals surface area (Å²) in [6, 6.07) is 15.5. The van der Waals surface area contributed by atoms with Crippen LogP contribution in [0.3, 0.4) is 0 Å². The second-order valence-corrected chi connectivity index (χ2v) is 6.61. The van der Waals surface area contributed by atoms with E-state index in [9.17, 15) is 4.39 Å². The van der Waals surface area contributed by atoms with E-state index in [4.69, 9.17) is 25.8 Å². The highest BCUT2D eigenvalue weighted by Crippen LogP contribution is 2.29. The number of halogens is 2. The third-order valence-corrected chi connectivity index (χ3v) is 4.47. The molecule has 0 atom stereocenters. The number of methoxy groups -OCH3 is 1. The molecular formula is C22H22ClFN2O3. The van der Waals surface area contributed by atoms with Crippen molar-refractivity contribution in [3.05, 3.63) is 82.8 Å². The van der Waals surface area contributed by atoms with E-state index in [-0.39, 0.29) is 12.4 Å². The van der Waals surface area contributed by atoms with Gasteiger partial charge < -0.3 is 19.5 Å². The Balaban J connectivity index is 1.49. The van der Waals surface area contributed by atoms with Gasteiger partial charge in [-0.2, -0.15) is 0 Å². The number of benzene rings is 2. The molecule has 0 bridgehead atoms. The van der Waals surface area contributed by atoms with Crippen LogP contribution in [-0.4, -0.2) is 25.2 Å². The molecule has 5 nitrogen and oxygen atoms in total. The molecule has 1 heterocycles. The Labute approximate surface area is 174 Å². The quantitative estimate of drug-likeness (QED) is 0.488. The van der Waals surface area contributed by atoms with Gasteiger partial charge in [-0.15, -0.1) is 0 Å². The smallest absolute Gasteiger partial charge is 0.213 e. The van der Waals surface area contributed by atoms with Crippen molar-refractivity contribution in [2.45, 2.75) is 13.2 Å². The lowest BCUT2D eigenvalue weighted by atomic mass is 10.2. The van der Waals surface area contributed by atoms with E-state index >= 15 is 0 Å². The molecule has 0 aliphatic heterocycles. The summed E-state index contributed by atoms with van der Waals surface area (Å²) in [5.74, 6) is 1.44. The number of hydrogen-bond acceptors (Lipinski definition) is 5. The van der Waals surface area contributed by atoms with Crippen molar-refractivity contribution in [3.63, 3.8) is 0 Å². The molecule has 152 valence electrons. The largest absolute Gasteiger partial charge is 0.493 e. The lowest BCUT2D eigenvalue weighted by molar-refractivity contribution is 0.284. The number of hydrogen-bond donors (Lipinski definition) is 1. The third-order valence-electron chi connectivity index (χ3n) is 4.12. The SMILES string of the molecule is COc1cc(CNCCOc2ccccn2)ccc1OCc1ccc(F)cc1Cl. The van der Waals surface area contributed by atoms with Gasteiger partial charge in [-0.3, -0.25) is 0 Å². The fourth-order valence-corrected chi connectivity index (χ4v) is 2.85. The normalized spacial score (nSPS) is 10.6. The van der Waals surface area contributed by atoms with Crippen LogP contribution in [0.1, 0.15) is 11.1 Å². The first-order valence-corrected chi connectivity index (χ1v) is 9.51. The summed E-state index contributed by atoms with van der Waals surface area (Å²) in [6.07, 6.45) is 1.70. The predicted molar refractivity (Wildman–Crippen MR) is 110 cm³/mol. The maximum atomic E-state index is 13.1. The van der Waals surface area contributed by atoms with E-state index < -0.39 is 0 Å². The Kier molecular flexibility index (Phi) is 7.67. The average Bonchev–Trinajstić information content (AvgIpc) is 2.74. The minimum atomic E-state index is -0.376. The molecule has 0 radical (unpaired) electrons. The second-order valence-electron chi connectivity index (χ2n) is 6.20. The van der Waals surface area contributed by atoms with Crippen LogP contribution in [0.4, 0.5) is 4.39 Å². The molecule has 1 N–H and O–H groups in total. The van der Waals surface area contributed by atoms with Gasteiger partial charge in [0.05, 0.1) is 12.1 Å². The van der Waals surface area contributed by atoms with Crippen LogP contribution in [0.15, 0.2) is 60.8 Å². The Morgan fingerprint density at radius 2 is 1.93 bits per heavy atom. The number of rotatable bonds is 10. The molecule has 0 aliphatic carbocycles. The van der Waals surface area contributed by atoms with Gasteiger partial charge in [-0.1, -0.05) is 29.8 Å². The maximum Gasteiger partial charge on any atom is 0.213 e. The molecule has 29 heavy (non-hydrogen) atoms. The van der Waals surface area contributed by atoms with Crippen LogP contribution >= 0.6 is 11.6 Å². The van der Waals surface area contributed by atoms with Crippen molar-refractivity contribution in [2.24, 2.45) is 0 Å². The Hall–Kier alpha value is -2.83. The number of nitrogens with one attached hydrogen (secondary N) is 1. The van der Waals surface area contributed by atoms with Gasteiger partial charge in [0, 0.05) is 30.9 Å². The molecule has 3 rings (SSSR count). The highest BCUT2D eigenvalue weighted by atomic mass is 35.5. The molecule has 0 saturated heterocycles. The summed E-state index contributed by atoms with van der Waals surface area (Å²) in [4.78, 5) is 4.11. The summed E-state index contributed by atoms with van der Waals surface area (Å²) >= 11 is 6.04. The van der Waals surface area contributed by atoms with Crippen molar-refractivity contribution in [2.75, 3.05) is 20.3 Å². The first-order valence-electron chi connectivity index (χ1n) is 9.14. The molecule has 3 aromatic rings. The Bertz CT molecular complexity index is 925. The molecule has 0 fully saturated rings. The average molecular weight is 417 g/mol. The molecule has 0 unspecified atom stereocenters. The monoisotopic (exact) mass is 416 g/mol. The standard InChI is InChI=1S/C22H22ClFN2O3/c1-27-21-12-16(14-25-10-11-28-22-4-2-3-9-26-22)5-8-20(21)29-15-17-6-7-18(24)13-19(17)23/h2-9,12-13,25H,10-11,14-15H2,1H3. The maximum absolute atomic E-state index is 13.1. The van der Waals surface area contributed by atoms with E-state index in [1.807, 2.05) is 36.4 Å². The Morgan fingerprint density at radius 3 is 2.69 bits per heavy atom. The van der Waals surface area contributed by atoms with Crippen LogP contribution in [0.5, 0.6) is 17.4 Å². The van der Waals surface area contributed by atoms with Crippen molar-refractivity contribution < 1.29 is 18.6 Å². The van der Waals surface area contributed by atoms with E-state index in [1.54, 1.807) is 19.4 Å². The van der Waals surface area contributed by atoms with Gasteiger partial charge in [0.15, 0.2) is 11.5 Å². The zero-order chi connectivity index (χ0) is 20.5. The fourth-order valence-electron chi connectivity index (χ4n) is 2.63. The van der Waals surface area contributed by atoms with Crippen LogP contribution in [-0.2, 0) is 13.2 Å². The molecule has 0 amide bonds. The molecule has 2 aromatic carbocycles. The zero-order valence-corrected chi connectivity index (χ0v) is 16.8. The summed E-state index contributed by atoms with van der Waals surface area (Å²) < 4.78 is 29.9. The number of aromatic nitrogens is 1. The molecule has 0 spiro atoms. The van der Waals surface area contributed by atoms with Crippen LogP contribution in [0.25, 0.3) is 0 Å². The van der Waals surface area contributed by atoms with E-state index in [1.165, 1.54) is 12.1 Å². The van der Waals surface area contributed by atoms with E-state index in [2.05, 4.69) is 10.3 Å². The summed E-state index contributed by atoms with van der Waals surface area (Å²) in [6.45, 7) is 2.08.